The molecule has 1 aromatic heterocycles. The van der Waals surface area contributed by atoms with Gasteiger partial charge in [-0.25, -0.2) is 9.37 Å². The molecule has 7 heteroatoms. The third-order valence-electron chi connectivity index (χ3n) is 4.89. The number of amides is 1. The molecule has 1 aromatic carbocycles. The lowest BCUT2D eigenvalue weighted by atomic mass is 9.92. The van der Waals surface area contributed by atoms with Gasteiger partial charge >= 0.3 is 5.97 Å². The number of rotatable bonds is 6. The molecule has 1 heterocycles. The number of imidazole rings is 1. The summed E-state index contributed by atoms with van der Waals surface area (Å²) in [5, 5.41) is 2.87. The van der Waals surface area contributed by atoms with Gasteiger partial charge in [-0.15, -0.1) is 0 Å². The number of esters is 1. The molecule has 0 radical (unpaired) electrons. The fourth-order valence-electron chi connectivity index (χ4n) is 3.43. The molecule has 0 spiro atoms. The number of carbonyl (C=O) groups excluding carboxylic acids is 2. The second-order valence-electron chi connectivity index (χ2n) is 8.56. The number of nitrogens with zero attached hydrogens (tertiary/aromatic N) is 2. The molecule has 1 saturated carbocycles. The van der Waals surface area contributed by atoms with Crippen molar-refractivity contribution < 1.29 is 18.7 Å². The molecule has 6 nitrogen and oxygen atoms in total. The minimum Gasteiger partial charge on any atom is -0.466 e. The summed E-state index contributed by atoms with van der Waals surface area (Å²) in [4.78, 5) is 28.7. The van der Waals surface area contributed by atoms with Crippen LogP contribution in [0.1, 0.15) is 72.4 Å². The Morgan fingerprint density at radius 1 is 1.31 bits per heavy atom. The molecule has 1 fully saturated rings. The minimum atomic E-state index is -0.471. The van der Waals surface area contributed by atoms with Crippen LogP contribution in [0.5, 0.6) is 0 Å². The largest absolute Gasteiger partial charge is 0.466 e. The van der Waals surface area contributed by atoms with E-state index >= 15 is 4.39 Å². The van der Waals surface area contributed by atoms with Gasteiger partial charge in [0.1, 0.15) is 5.52 Å². The normalized spacial score (nSPS) is 14.2. The van der Waals surface area contributed by atoms with E-state index in [-0.39, 0.29) is 43.4 Å². The van der Waals surface area contributed by atoms with Gasteiger partial charge < -0.3 is 9.30 Å². The highest BCUT2D eigenvalue weighted by molar-refractivity contribution is 5.92. The maximum atomic E-state index is 15.3. The van der Waals surface area contributed by atoms with Crippen molar-refractivity contribution in [2.24, 2.45) is 5.41 Å². The predicted molar refractivity (Wildman–Crippen MR) is 112 cm³/mol. The first-order chi connectivity index (χ1) is 13.2. The molecule has 1 amide bonds. The van der Waals surface area contributed by atoms with Crippen LogP contribution in [-0.4, -0.2) is 28.0 Å². The highest BCUT2D eigenvalue weighted by Gasteiger charge is 2.28. The Hall–Kier alpha value is -2.44. The smallest absolute Gasteiger partial charge is 0.310 e. The summed E-state index contributed by atoms with van der Waals surface area (Å²) in [6, 6.07) is 3.36. The van der Waals surface area contributed by atoms with Gasteiger partial charge in [0.05, 0.1) is 18.5 Å². The molecular formula is C22H32FN3O3. The van der Waals surface area contributed by atoms with Gasteiger partial charge in [0.15, 0.2) is 5.82 Å². The van der Waals surface area contributed by atoms with Crippen molar-refractivity contribution in [3.8, 4) is 0 Å². The van der Waals surface area contributed by atoms with Gasteiger partial charge in [0.2, 0.25) is 11.9 Å². The Balaban J connectivity index is 0.00000300. The number of carbonyl (C=O) groups is 2. The molecule has 160 valence electrons. The molecule has 0 atom stereocenters. The fourth-order valence-corrected chi connectivity index (χ4v) is 3.43. The lowest BCUT2D eigenvalue weighted by Gasteiger charge is -2.29. The third-order valence-corrected chi connectivity index (χ3v) is 4.89. The first kappa shape index (κ1) is 22.8. The fraction of sp³-hybridized carbons (Fsp3) is 0.591. The molecule has 0 unspecified atom stereocenters. The first-order valence-corrected chi connectivity index (χ1v) is 9.84. The first-order valence-electron chi connectivity index (χ1n) is 9.84. The van der Waals surface area contributed by atoms with Gasteiger partial charge in [-0.2, -0.15) is 0 Å². The van der Waals surface area contributed by atoms with Crippen molar-refractivity contribution in [2.45, 2.75) is 73.3 Å². The standard InChI is InChI=1S/C21H28FN3O3.CH4/c1-5-28-17(27)11-13-9-10-15-19(18(13)22)25(14-7-6-8-14)20(23-15)24-16(26)12-21(2,3)4;/h9-10,14H,5-8,11-12H2,1-4H3,(H,23,24,26);1H4. The number of hydrogen-bond acceptors (Lipinski definition) is 4. The zero-order chi connectivity index (χ0) is 20.5. The van der Waals surface area contributed by atoms with E-state index in [9.17, 15) is 9.59 Å². The number of ether oxygens (including phenoxy) is 1. The lowest BCUT2D eigenvalue weighted by Crippen LogP contribution is -2.24. The average Bonchev–Trinajstić information content (AvgIpc) is 2.86. The van der Waals surface area contributed by atoms with E-state index in [4.69, 9.17) is 4.74 Å². The third kappa shape index (κ3) is 5.14. The van der Waals surface area contributed by atoms with Crippen LogP contribution in [0.4, 0.5) is 10.3 Å². The SMILES string of the molecule is C.CCOC(=O)Cc1ccc2nc(NC(=O)CC(C)(C)C)n(C3CCC3)c2c1F. The van der Waals surface area contributed by atoms with Crippen LogP contribution in [0.15, 0.2) is 12.1 Å². The summed E-state index contributed by atoms with van der Waals surface area (Å²) in [6.45, 7) is 7.94. The summed E-state index contributed by atoms with van der Waals surface area (Å²) in [5.74, 6) is -0.702. The van der Waals surface area contributed by atoms with Crippen LogP contribution < -0.4 is 5.32 Å². The Kier molecular flexibility index (Phi) is 7.03. The molecule has 0 saturated heterocycles. The number of fused-ring (bicyclic) bond motifs is 1. The quantitative estimate of drug-likeness (QED) is 0.685. The van der Waals surface area contributed by atoms with E-state index in [1.54, 1.807) is 23.6 Å². The second kappa shape index (κ2) is 8.93. The summed E-state index contributed by atoms with van der Waals surface area (Å²) >= 11 is 0. The highest BCUT2D eigenvalue weighted by Crippen LogP contribution is 2.38. The average molecular weight is 406 g/mol. The van der Waals surface area contributed by atoms with E-state index in [0.717, 1.165) is 19.3 Å². The van der Waals surface area contributed by atoms with Crippen molar-refractivity contribution in [3.05, 3.63) is 23.5 Å². The second-order valence-corrected chi connectivity index (χ2v) is 8.56. The monoisotopic (exact) mass is 405 g/mol. The summed E-state index contributed by atoms with van der Waals surface area (Å²) in [6.07, 6.45) is 3.10. The number of benzene rings is 1. The summed E-state index contributed by atoms with van der Waals surface area (Å²) in [5.41, 5.74) is 0.940. The van der Waals surface area contributed by atoms with E-state index in [1.165, 1.54) is 0 Å². The minimum absolute atomic E-state index is 0. The molecular weight excluding hydrogens is 373 g/mol. The van der Waals surface area contributed by atoms with Crippen molar-refractivity contribution >= 4 is 28.9 Å². The Labute approximate surface area is 171 Å². The van der Waals surface area contributed by atoms with Crippen LogP contribution in [-0.2, 0) is 20.7 Å². The number of halogens is 1. The van der Waals surface area contributed by atoms with E-state index in [1.807, 2.05) is 20.8 Å². The number of nitrogens with one attached hydrogen (secondary N) is 1. The molecule has 0 bridgehead atoms. The maximum absolute atomic E-state index is 15.3. The van der Waals surface area contributed by atoms with Crippen LogP contribution >= 0.6 is 0 Å². The Bertz CT molecular complexity index is 895. The Morgan fingerprint density at radius 3 is 2.55 bits per heavy atom. The molecule has 1 aliphatic rings. The number of anilines is 1. The van der Waals surface area contributed by atoms with Crippen LogP contribution in [0, 0.1) is 11.2 Å². The molecule has 29 heavy (non-hydrogen) atoms. The van der Waals surface area contributed by atoms with Crippen molar-refractivity contribution in [3.63, 3.8) is 0 Å². The summed E-state index contributed by atoms with van der Waals surface area (Å²) in [7, 11) is 0. The van der Waals surface area contributed by atoms with E-state index in [0.29, 0.717) is 23.4 Å². The van der Waals surface area contributed by atoms with Gasteiger partial charge in [-0.3, -0.25) is 14.9 Å². The van der Waals surface area contributed by atoms with Gasteiger partial charge in [0, 0.05) is 18.0 Å². The summed E-state index contributed by atoms with van der Waals surface area (Å²) < 4.78 is 22.0. The number of aromatic nitrogens is 2. The molecule has 1 N–H and O–H groups in total. The van der Waals surface area contributed by atoms with Gasteiger partial charge in [-0.1, -0.05) is 34.3 Å². The molecule has 2 aromatic rings. The zero-order valence-electron chi connectivity index (χ0n) is 17.0. The molecule has 3 rings (SSSR count). The topological polar surface area (TPSA) is 73.2 Å². The van der Waals surface area contributed by atoms with Crippen molar-refractivity contribution in [1.82, 2.24) is 9.55 Å². The highest BCUT2D eigenvalue weighted by atomic mass is 19.1. The van der Waals surface area contributed by atoms with Gasteiger partial charge in [-0.05, 0) is 37.7 Å². The number of hydrogen-bond donors (Lipinski definition) is 1. The van der Waals surface area contributed by atoms with Crippen LogP contribution in [0.2, 0.25) is 0 Å². The van der Waals surface area contributed by atoms with E-state index in [2.05, 4.69) is 10.3 Å². The maximum Gasteiger partial charge on any atom is 0.310 e. The molecule has 1 aliphatic carbocycles. The predicted octanol–water partition coefficient (Wildman–Crippen LogP) is 5.02. The van der Waals surface area contributed by atoms with E-state index < -0.39 is 11.8 Å². The van der Waals surface area contributed by atoms with Crippen molar-refractivity contribution in [1.29, 1.82) is 0 Å². The van der Waals surface area contributed by atoms with Crippen molar-refractivity contribution in [2.75, 3.05) is 11.9 Å². The van der Waals surface area contributed by atoms with Gasteiger partial charge in [0.25, 0.3) is 0 Å². The zero-order valence-corrected chi connectivity index (χ0v) is 17.0. The van der Waals surface area contributed by atoms with Crippen LogP contribution in [0.25, 0.3) is 11.0 Å². The van der Waals surface area contributed by atoms with Crippen LogP contribution in [0.3, 0.4) is 0 Å². The molecule has 0 aliphatic heterocycles. The Morgan fingerprint density at radius 2 is 2.00 bits per heavy atom. The lowest BCUT2D eigenvalue weighted by molar-refractivity contribution is -0.142.